The van der Waals surface area contributed by atoms with Gasteiger partial charge in [0.1, 0.15) is 0 Å². The van der Waals surface area contributed by atoms with Crippen molar-refractivity contribution in [2.45, 2.75) is 24.3 Å². The summed E-state index contributed by atoms with van der Waals surface area (Å²) in [5, 5.41) is 9.23. The highest BCUT2D eigenvalue weighted by Crippen LogP contribution is 2.40. The Morgan fingerprint density at radius 3 is 1.85 bits per heavy atom. The lowest BCUT2D eigenvalue weighted by Crippen LogP contribution is -1.96. The van der Waals surface area contributed by atoms with Crippen molar-refractivity contribution in [1.29, 1.82) is 0 Å². The molecule has 4 heteroatoms. The van der Waals surface area contributed by atoms with Crippen LogP contribution in [-0.2, 0) is 0 Å². The third-order valence-electron chi connectivity index (χ3n) is 4.30. The molecule has 0 unspecified atom stereocenters. The van der Waals surface area contributed by atoms with E-state index in [4.69, 9.17) is 4.42 Å². The zero-order valence-electron chi connectivity index (χ0n) is 15.3. The van der Waals surface area contributed by atoms with Gasteiger partial charge in [-0.25, -0.2) is 0 Å². The average molecular weight is 372 g/mol. The largest absolute Gasteiger partial charge is 0.411 e. The van der Waals surface area contributed by atoms with E-state index in [9.17, 15) is 0 Å². The Bertz CT molecular complexity index is 969. The molecule has 27 heavy (non-hydrogen) atoms. The van der Waals surface area contributed by atoms with Crippen LogP contribution >= 0.6 is 11.8 Å². The predicted octanol–water partition coefficient (Wildman–Crippen LogP) is 6.24. The van der Waals surface area contributed by atoms with Crippen molar-refractivity contribution >= 4 is 11.8 Å². The Kier molecular flexibility index (Phi) is 5.07. The summed E-state index contributed by atoms with van der Waals surface area (Å²) in [7, 11) is 0. The van der Waals surface area contributed by atoms with Crippen molar-refractivity contribution in [2.24, 2.45) is 0 Å². The highest BCUT2D eigenvalue weighted by molar-refractivity contribution is 7.99. The molecule has 3 nitrogen and oxygen atoms in total. The van der Waals surface area contributed by atoms with Crippen LogP contribution in [0.5, 0.6) is 0 Å². The van der Waals surface area contributed by atoms with Crippen LogP contribution in [-0.4, -0.2) is 10.2 Å². The first-order valence-electron chi connectivity index (χ1n) is 8.88. The second-order valence-corrected chi connectivity index (χ2v) is 7.63. The van der Waals surface area contributed by atoms with Crippen LogP contribution in [0.25, 0.3) is 11.5 Å². The molecule has 0 spiro atoms. The first-order valence-corrected chi connectivity index (χ1v) is 9.76. The molecule has 0 saturated heterocycles. The summed E-state index contributed by atoms with van der Waals surface area (Å²) in [4.78, 5) is 0. The Morgan fingerprint density at radius 1 is 0.741 bits per heavy atom. The molecule has 0 atom stereocenters. The van der Waals surface area contributed by atoms with Crippen molar-refractivity contribution in [1.82, 2.24) is 10.2 Å². The minimum Gasteiger partial charge on any atom is -0.411 e. The molecule has 0 aliphatic heterocycles. The summed E-state index contributed by atoms with van der Waals surface area (Å²) in [6, 6.07) is 27.1. The van der Waals surface area contributed by atoms with E-state index in [1.165, 1.54) is 22.3 Å². The average Bonchev–Trinajstić information content (AvgIpc) is 3.16. The normalized spacial score (nSPS) is 11.1. The van der Waals surface area contributed by atoms with E-state index in [0.29, 0.717) is 11.1 Å². The van der Waals surface area contributed by atoms with Crippen LogP contribution < -0.4 is 0 Å². The van der Waals surface area contributed by atoms with E-state index in [2.05, 4.69) is 90.8 Å². The van der Waals surface area contributed by atoms with E-state index in [-0.39, 0.29) is 5.25 Å². The molecule has 0 radical (unpaired) electrons. The number of rotatable bonds is 5. The Morgan fingerprint density at radius 2 is 1.30 bits per heavy atom. The molecule has 4 rings (SSSR count). The second-order valence-electron chi connectivity index (χ2n) is 6.57. The summed E-state index contributed by atoms with van der Waals surface area (Å²) < 4.78 is 5.99. The SMILES string of the molecule is Cc1cc(C)cc(-c2nnc(SC(c3ccccc3)c3ccccc3)o2)c1. The van der Waals surface area contributed by atoms with Gasteiger partial charge in [-0.2, -0.15) is 0 Å². The molecule has 0 aliphatic rings. The van der Waals surface area contributed by atoms with Crippen LogP contribution in [0.4, 0.5) is 0 Å². The van der Waals surface area contributed by atoms with E-state index >= 15 is 0 Å². The van der Waals surface area contributed by atoms with Gasteiger partial charge in [0, 0.05) is 5.56 Å². The topological polar surface area (TPSA) is 38.9 Å². The number of thioether (sulfide) groups is 1. The number of aryl methyl sites for hydroxylation is 2. The summed E-state index contributed by atoms with van der Waals surface area (Å²) in [6.07, 6.45) is 0. The van der Waals surface area contributed by atoms with Gasteiger partial charge < -0.3 is 4.42 Å². The zero-order valence-corrected chi connectivity index (χ0v) is 16.1. The maximum atomic E-state index is 5.99. The maximum absolute atomic E-state index is 5.99. The zero-order chi connectivity index (χ0) is 18.6. The standard InChI is InChI=1S/C23H20N2OS/c1-16-13-17(2)15-20(14-16)22-24-25-23(26-22)27-21(18-9-5-3-6-10-18)19-11-7-4-8-12-19/h3-15,21H,1-2H3. The molecule has 0 amide bonds. The van der Waals surface area contributed by atoms with Gasteiger partial charge in [0.15, 0.2) is 0 Å². The molecule has 4 aromatic rings. The third kappa shape index (κ3) is 4.12. The summed E-state index contributed by atoms with van der Waals surface area (Å²) >= 11 is 1.58. The molecule has 3 aromatic carbocycles. The minimum absolute atomic E-state index is 0.0972. The van der Waals surface area contributed by atoms with Crippen molar-refractivity contribution in [3.8, 4) is 11.5 Å². The highest BCUT2D eigenvalue weighted by Gasteiger charge is 2.19. The van der Waals surface area contributed by atoms with Gasteiger partial charge in [0.05, 0.1) is 5.25 Å². The first kappa shape index (κ1) is 17.6. The van der Waals surface area contributed by atoms with E-state index in [0.717, 1.165) is 5.56 Å². The van der Waals surface area contributed by atoms with Gasteiger partial charge in [-0.15, -0.1) is 10.2 Å². The van der Waals surface area contributed by atoms with Crippen LogP contribution in [0, 0.1) is 13.8 Å². The molecule has 0 N–H and O–H groups in total. The summed E-state index contributed by atoms with van der Waals surface area (Å²) in [6.45, 7) is 4.15. The number of aromatic nitrogens is 2. The van der Waals surface area contributed by atoms with Crippen molar-refractivity contribution in [3.05, 3.63) is 101 Å². The fourth-order valence-electron chi connectivity index (χ4n) is 3.16. The summed E-state index contributed by atoms with van der Waals surface area (Å²) in [5.41, 5.74) is 5.75. The second kappa shape index (κ2) is 7.80. The van der Waals surface area contributed by atoms with Gasteiger partial charge in [-0.1, -0.05) is 89.6 Å². The van der Waals surface area contributed by atoms with Crippen molar-refractivity contribution in [3.63, 3.8) is 0 Å². The number of hydrogen-bond acceptors (Lipinski definition) is 4. The third-order valence-corrected chi connectivity index (χ3v) is 5.45. The van der Waals surface area contributed by atoms with Crippen LogP contribution in [0.1, 0.15) is 27.5 Å². The minimum atomic E-state index is 0.0972. The Hall–Kier alpha value is -2.85. The molecule has 1 heterocycles. The number of nitrogens with zero attached hydrogens (tertiary/aromatic N) is 2. The number of benzene rings is 3. The molecule has 0 bridgehead atoms. The quantitative estimate of drug-likeness (QED) is 0.389. The lowest BCUT2D eigenvalue weighted by Gasteiger charge is -2.15. The Balaban J connectivity index is 1.65. The molecule has 134 valence electrons. The van der Waals surface area contributed by atoms with Crippen LogP contribution in [0.15, 0.2) is 88.5 Å². The number of hydrogen-bond donors (Lipinski definition) is 0. The van der Waals surface area contributed by atoms with Gasteiger partial charge in [-0.3, -0.25) is 0 Å². The van der Waals surface area contributed by atoms with Gasteiger partial charge >= 0.3 is 0 Å². The van der Waals surface area contributed by atoms with Crippen molar-refractivity contribution in [2.75, 3.05) is 0 Å². The molecule has 0 aliphatic carbocycles. The van der Waals surface area contributed by atoms with Crippen LogP contribution in [0.2, 0.25) is 0 Å². The maximum Gasteiger partial charge on any atom is 0.277 e. The Labute approximate surface area is 163 Å². The van der Waals surface area contributed by atoms with Gasteiger partial charge in [-0.05, 0) is 37.1 Å². The van der Waals surface area contributed by atoms with Crippen molar-refractivity contribution < 1.29 is 4.42 Å². The molecular formula is C23H20N2OS. The summed E-state index contributed by atoms with van der Waals surface area (Å²) in [5.74, 6) is 0.559. The van der Waals surface area contributed by atoms with Gasteiger partial charge in [0.25, 0.3) is 5.22 Å². The fourth-order valence-corrected chi connectivity index (χ4v) is 4.16. The first-order chi connectivity index (χ1) is 13.2. The van der Waals surface area contributed by atoms with E-state index in [1.54, 1.807) is 11.8 Å². The lowest BCUT2D eigenvalue weighted by molar-refractivity contribution is 0.465. The fraction of sp³-hybridized carbons (Fsp3) is 0.130. The lowest BCUT2D eigenvalue weighted by atomic mass is 10.0. The molecular weight excluding hydrogens is 352 g/mol. The van der Waals surface area contributed by atoms with Gasteiger partial charge in [0.2, 0.25) is 5.89 Å². The van der Waals surface area contributed by atoms with Crippen LogP contribution in [0.3, 0.4) is 0 Å². The smallest absolute Gasteiger partial charge is 0.277 e. The predicted molar refractivity (Wildman–Crippen MR) is 110 cm³/mol. The van der Waals surface area contributed by atoms with E-state index in [1.807, 2.05) is 12.1 Å². The molecule has 0 saturated carbocycles. The molecule has 1 aromatic heterocycles. The monoisotopic (exact) mass is 372 g/mol. The molecule has 0 fully saturated rings. The highest BCUT2D eigenvalue weighted by atomic mass is 32.2. The van der Waals surface area contributed by atoms with E-state index < -0.39 is 0 Å².